The van der Waals surface area contributed by atoms with Crippen LogP contribution in [0.5, 0.6) is 0 Å². The molecule has 1 aromatic heterocycles. The van der Waals surface area contributed by atoms with Gasteiger partial charge in [-0.3, -0.25) is 4.98 Å². The average molecular weight is 473 g/mol. The second kappa shape index (κ2) is 10.4. The van der Waals surface area contributed by atoms with Crippen molar-refractivity contribution in [3.8, 4) is 11.1 Å². The molecule has 1 unspecified atom stereocenters. The van der Waals surface area contributed by atoms with Gasteiger partial charge in [0.25, 0.3) is 0 Å². The second-order valence-electron chi connectivity index (χ2n) is 11.0. The number of amides is 1. The molecule has 2 rings (SSSR count). The molecule has 33 heavy (non-hydrogen) atoms. The van der Waals surface area contributed by atoms with Gasteiger partial charge in [-0.05, 0) is 61.7 Å². The van der Waals surface area contributed by atoms with Gasteiger partial charge in [0, 0.05) is 25.0 Å². The lowest BCUT2D eigenvalue weighted by Crippen LogP contribution is -2.40. The van der Waals surface area contributed by atoms with Crippen LogP contribution in [-0.2, 0) is 15.8 Å². The summed E-state index contributed by atoms with van der Waals surface area (Å²) in [6, 6.07) is 9.74. The first-order valence-corrected chi connectivity index (χ1v) is 14.3. The van der Waals surface area contributed by atoms with E-state index in [0.717, 1.165) is 22.3 Å². The maximum atomic E-state index is 12.4. The van der Waals surface area contributed by atoms with Crippen molar-refractivity contribution in [1.82, 2.24) is 9.88 Å². The van der Waals surface area contributed by atoms with Crippen LogP contribution in [0.15, 0.2) is 42.7 Å². The Morgan fingerprint density at radius 3 is 2.33 bits per heavy atom. The van der Waals surface area contributed by atoms with Gasteiger partial charge in [0.1, 0.15) is 5.60 Å². The van der Waals surface area contributed by atoms with Crippen molar-refractivity contribution < 1.29 is 19.1 Å². The summed E-state index contributed by atoms with van der Waals surface area (Å²) in [5, 5.41) is 11.2. The van der Waals surface area contributed by atoms with E-state index in [1.807, 2.05) is 57.3 Å². The van der Waals surface area contributed by atoms with Crippen LogP contribution in [0.25, 0.3) is 11.1 Å². The number of pyridine rings is 1. The monoisotopic (exact) mass is 472 g/mol. The Bertz CT molecular complexity index is 934. The largest absolute Gasteiger partial charge is 0.444 e. The number of carbonyl (C=O) groups excluding carboxylic acids is 1. The van der Waals surface area contributed by atoms with Gasteiger partial charge in [0.05, 0.1) is 19.3 Å². The summed E-state index contributed by atoms with van der Waals surface area (Å²) in [5.74, 6) is 0. The first kappa shape index (κ1) is 27.0. The normalized spacial score (nSPS) is 13.5. The Morgan fingerprint density at radius 1 is 1.12 bits per heavy atom. The SMILES string of the molecule is CN(CC(O)c1cccc(-c2cccnc2)c1CO[Si](C)(C)C(C)(C)C)C(=O)OC(C)(C)C. The highest BCUT2D eigenvalue weighted by Crippen LogP contribution is 2.38. The molecule has 0 aliphatic rings. The summed E-state index contributed by atoms with van der Waals surface area (Å²) in [6.45, 7) is 17.0. The van der Waals surface area contributed by atoms with Gasteiger partial charge in [-0.25, -0.2) is 4.79 Å². The number of rotatable bonds is 7. The zero-order valence-corrected chi connectivity index (χ0v) is 22.6. The van der Waals surface area contributed by atoms with Crippen LogP contribution in [0.2, 0.25) is 18.1 Å². The molecule has 0 spiro atoms. The predicted molar refractivity (Wildman–Crippen MR) is 135 cm³/mol. The van der Waals surface area contributed by atoms with Gasteiger partial charge in [0.15, 0.2) is 8.32 Å². The molecule has 0 fully saturated rings. The van der Waals surface area contributed by atoms with Crippen LogP contribution in [0.3, 0.4) is 0 Å². The number of nitrogens with zero attached hydrogens (tertiary/aromatic N) is 2. The molecule has 1 amide bonds. The van der Waals surface area contributed by atoms with E-state index in [0.29, 0.717) is 6.61 Å². The van der Waals surface area contributed by atoms with Crippen molar-refractivity contribution in [3.05, 3.63) is 53.9 Å². The lowest BCUT2D eigenvalue weighted by molar-refractivity contribution is 0.0204. The van der Waals surface area contributed by atoms with Crippen LogP contribution in [0, 0.1) is 0 Å². The molecule has 6 nitrogen and oxygen atoms in total. The van der Waals surface area contributed by atoms with Crippen molar-refractivity contribution in [2.75, 3.05) is 13.6 Å². The maximum Gasteiger partial charge on any atom is 0.410 e. The molecular formula is C26H40N2O4Si. The Morgan fingerprint density at radius 2 is 1.79 bits per heavy atom. The number of likely N-dealkylation sites (N-methyl/N-ethyl adjacent to an activating group) is 1. The molecule has 0 aliphatic heterocycles. The Hall–Kier alpha value is -2.22. The zero-order valence-electron chi connectivity index (χ0n) is 21.6. The average Bonchev–Trinajstić information content (AvgIpc) is 2.70. The standard InChI is InChI=1S/C26H40N2O4Si/c1-25(2,3)32-24(30)28(7)17-23(29)21-14-10-13-20(19-12-11-15-27-16-19)22(21)18-31-33(8,9)26(4,5)6/h10-16,23,29H,17-18H2,1-9H3. The molecule has 1 atom stereocenters. The van der Waals surface area contributed by atoms with Crippen LogP contribution >= 0.6 is 0 Å². The molecule has 0 radical (unpaired) electrons. The topological polar surface area (TPSA) is 71.9 Å². The van der Waals surface area contributed by atoms with Gasteiger partial charge in [-0.15, -0.1) is 0 Å². The molecule has 1 aromatic carbocycles. The van der Waals surface area contributed by atoms with Gasteiger partial charge >= 0.3 is 6.09 Å². The summed E-state index contributed by atoms with van der Waals surface area (Å²) in [4.78, 5) is 18.1. The van der Waals surface area contributed by atoms with Gasteiger partial charge in [0.2, 0.25) is 0 Å². The number of hydrogen-bond donors (Lipinski definition) is 1. The molecule has 7 heteroatoms. The fourth-order valence-corrected chi connectivity index (χ4v) is 4.05. The lowest BCUT2D eigenvalue weighted by Gasteiger charge is -2.36. The summed E-state index contributed by atoms with van der Waals surface area (Å²) >= 11 is 0. The van der Waals surface area contributed by atoms with Crippen LogP contribution in [-0.4, -0.2) is 48.6 Å². The third kappa shape index (κ3) is 7.38. The number of aliphatic hydroxyl groups excluding tert-OH is 1. The van der Waals surface area contributed by atoms with Gasteiger partial charge in [-0.2, -0.15) is 0 Å². The maximum absolute atomic E-state index is 12.4. The number of aliphatic hydroxyl groups is 1. The van der Waals surface area contributed by atoms with Crippen molar-refractivity contribution in [3.63, 3.8) is 0 Å². The summed E-state index contributed by atoms with van der Waals surface area (Å²) in [6.07, 6.45) is 2.19. The Kier molecular flexibility index (Phi) is 8.49. The number of carbonyl (C=O) groups is 1. The fraction of sp³-hybridized carbons (Fsp3) is 0.538. The summed E-state index contributed by atoms with van der Waals surface area (Å²) in [7, 11) is -0.395. The zero-order chi connectivity index (χ0) is 25.0. The molecule has 1 N–H and O–H groups in total. The first-order valence-electron chi connectivity index (χ1n) is 11.4. The van der Waals surface area contributed by atoms with E-state index in [4.69, 9.17) is 9.16 Å². The third-order valence-corrected chi connectivity index (χ3v) is 10.6. The van der Waals surface area contributed by atoms with E-state index in [1.165, 1.54) is 4.90 Å². The molecular weight excluding hydrogens is 432 g/mol. The Balaban J connectivity index is 2.40. The molecule has 0 bridgehead atoms. The number of hydrogen-bond acceptors (Lipinski definition) is 5. The number of aromatic nitrogens is 1. The van der Waals surface area contributed by atoms with E-state index >= 15 is 0 Å². The van der Waals surface area contributed by atoms with Crippen molar-refractivity contribution in [2.24, 2.45) is 0 Å². The first-order chi connectivity index (χ1) is 15.1. The van der Waals surface area contributed by atoms with Crippen LogP contribution in [0.1, 0.15) is 58.8 Å². The second-order valence-corrected chi connectivity index (χ2v) is 15.8. The molecule has 0 aliphatic carbocycles. The molecule has 0 saturated carbocycles. The van der Waals surface area contributed by atoms with Gasteiger partial charge < -0.3 is 19.2 Å². The number of ether oxygens (including phenoxy) is 1. The summed E-state index contributed by atoms with van der Waals surface area (Å²) < 4.78 is 12.0. The molecule has 0 saturated heterocycles. The van der Waals surface area contributed by atoms with Crippen molar-refractivity contribution in [2.45, 2.75) is 78.0 Å². The van der Waals surface area contributed by atoms with Crippen LogP contribution < -0.4 is 0 Å². The molecule has 2 aromatic rings. The summed E-state index contributed by atoms with van der Waals surface area (Å²) in [5.41, 5.74) is 2.99. The van der Waals surface area contributed by atoms with E-state index in [2.05, 4.69) is 38.8 Å². The quantitative estimate of drug-likeness (QED) is 0.488. The highest BCUT2D eigenvalue weighted by Gasteiger charge is 2.37. The highest BCUT2D eigenvalue weighted by molar-refractivity contribution is 6.74. The van der Waals surface area contributed by atoms with E-state index in [9.17, 15) is 9.90 Å². The highest BCUT2D eigenvalue weighted by atomic mass is 28.4. The third-order valence-electron chi connectivity index (χ3n) is 6.08. The van der Waals surface area contributed by atoms with Crippen molar-refractivity contribution in [1.29, 1.82) is 0 Å². The van der Waals surface area contributed by atoms with Gasteiger partial charge in [-0.1, -0.05) is 45.0 Å². The minimum atomic E-state index is -2.03. The van der Waals surface area contributed by atoms with E-state index in [1.54, 1.807) is 13.2 Å². The lowest BCUT2D eigenvalue weighted by atomic mass is 9.94. The van der Waals surface area contributed by atoms with Crippen molar-refractivity contribution >= 4 is 14.4 Å². The predicted octanol–water partition coefficient (Wildman–Crippen LogP) is 6.17. The smallest absolute Gasteiger partial charge is 0.410 e. The number of benzene rings is 1. The minimum Gasteiger partial charge on any atom is -0.444 e. The molecule has 1 heterocycles. The molecule has 182 valence electrons. The van der Waals surface area contributed by atoms with Crippen LogP contribution in [0.4, 0.5) is 4.79 Å². The van der Waals surface area contributed by atoms with E-state index < -0.39 is 26.1 Å². The Labute approximate surface area is 200 Å². The fourth-order valence-electron chi connectivity index (χ4n) is 3.11. The van der Waals surface area contributed by atoms with E-state index in [-0.39, 0.29) is 11.6 Å². The minimum absolute atomic E-state index is 0.0615.